The van der Waals surface area contributed by atoms with E-state index in [4.69, 9.17) is 18.9 Å². The van der Waals surface area contributed by atoms with Crippen LogP contribution in [0.5, 0.6) is 28.7 Å². The van der Waals surface area contributed by atoms with E-state index in [-0.39, 0.29) is 5.75 Å². The van der Waals surface area contributed by atoms with Crippen LogP contribution in [0.25, 0.3) is 0 Å². The molecule has 0 atom stereocenters. The highest BCUT2D eigenvalue weighted by molar-refractivity contribution is 5.53. The van der Waals surface area contributed by atoms with Crippen molar-refractivity contribution in [2.75, 3.05) is 28.4 Å². The van der Waals surface area contributed by atoms with Crippen LogP contribution in [0.4, 0.5) is 0 Å². The van der Waals surface area contributed by atoms with Gasteiger partial charge in [-0.25, -0.2) is 0 Å². The molecule has 0 aliphatic rings. The van der Waals surface area contributed by atoms with E-state index < -0.39 is 0 Å². The summed E-state index contributed by atoms with van der Waals surface area (Å²) in [4.78, 5) is 0. The molecule has 0 aliphatic heterocycles. The van der Waals surface area contributed by atoms with E-state index in [1.165, 1.54) is 7.11 Å². The van der Waals surface area contributed by atoms with Crippen LogP contribution in [0.15, 0.2) is 30.3 Å². The van der Waals surface area contributed by atoms with Crippen LogP contribution in [0.3, 0.4) is 0 Å². The van der Waals surface area contributed by atoms with Crippen molar-refractivity contribution in [1.29, 1.82) is 0 Å². The van der Waals surface area contributed by atoms with Gasteiger partial charge in [-0.1, -0.05) is 0 Å². The van der Waals surface area contributed by atoms with Crippen molar-refractivity contribution in [3.8, 4) is 28.7 Å². The van der Waals surface area contributed by atoms with Crippen molar-refractivity contribution in [2.45, 2.75) is 12.8 Å². The highest BCUT2D eigenvalue weighted by Crippen LogP contribution is 2.37. The molecule has 0 bridgehead atoms. The summed E-state index contributed by atoms with van der Waals surface area (Å²) in [6.45, 7) is 0. The van der Waals surface area contributed by atoms with E-state index in [0.29, 0.717) is 11.5 Å². The first-order valence-electron chi connectivity index (χ1n) is 7.27. The van der Waals surface area contributed by atoms with E-state index >= 15 is 0 Å². The van der Waals surface area contributed by atoms with Crippen molar-refractivity contribution >= 4 is 0 Å². The molecule has 0 amide bonds. The zero-order chi connectivity index (χ0) is 16.8. The first-order valence-corrected chi connectivity index (χ1v) is 7.27. The third kappa shape index (κ3) is 4.00. The van der Waals surface area contributed by atoms with Crippen molar-refractivity contribution in [2.24, 2.45) is 0 Å². The molecule has 0 heterocycles. The minimum atomic E-state index is 0.0741. The molecule has 0 spiro atoms. The summed E-state index contributed by atoms with van der Waals surface area (Å²) in [5, 5.41) is 10.0. The zero-order valence-corrected chi connectivity index (χ0v) is 13.9. The summed E-state index contributed by atoms with van der Waals surface area (Å²) in [5.74, 6) is 2.46. The number of aryl methyl sites for hydroxylation is 2. The molecule has 0 saturated heterocycles. The maximum absolute atomic E-state index is 10.0. The van der Waals surface area contributed by atoms with Crippen molar-refractivity contribution in [3.63, 3.8) is 0 Å². The smallest absolute Gasteiger partial charge is 0.203 e. The Morgan fingerprint density at radius 1 is 0.696 bits per heavy atom. The van der Waals surface area contributed by atoms with Gasteiger partial charge in [-0.05, 0) is 48.2 Å². The van der Waals surface area contributed by atoms with Gasteiger partial charge in [0.15, 0.2) is 11.5 Å². The SMILES string of the molecule is COc1cc(CCc2cc(O)c(OC)c(OC)c2)cc(OC)c1. The van der Waals surface area contributed by atoms with Gasteiger partial charge in [-0.15, -0.1) is 0 Å². The van der Waals surface area contributed by atoms with Crippen LogP contribution >= 0.6 is 0 Å². The topological polar surface area (TPSA) is 57.2 Å². The van der Waals surface area contributed by atoms with Crippen LogP contribution in [-0.2, 0) is 12.8 Å². The molecule has 1 N–H and O–H groups in total. The lowest BCUT2D eigenvalue weighted by molar-refractivity contribution is 0.332. The molecule has 2 aromatic carbocycles. The number of rotatable bonds is 7. The molecule has 0 saturated carbocycles. The molecule has 5 nitrogen and oxygen atoms in total. The molecule has 0 radical (unpaired) electrons. The number of phenolic OH excluding ortho intramolecular Hbond substituents is 1. The van der Waals surface area contributed by atoms with Gasteiger partial charge in [0, 0.05) is 6.07 Å². The molecule has 0 unspecified atom stereocenters. The second-order valence-electron chi connectivity index (χ2n) is 5.07. The quantitative estimate of drug-likeness (QED) is 0.849. The minimum Gasteiger partial charge on any atom is -0.504 e. The number of ether oxygens (including phenoxy) is 4. The van der Waals surface area contributed by atoms with Gasteiger partial charge in [-0.3, -0.25) is 0 Å². The Bertz CT molecular complexity index is 644. The van der Waals surface area contributed by atoms with Gasteiger partial charge < -0.3 is 24.1 Å². The second-order valence-corrected chi connectivity index (χ2v) is 5.07. The van der Waals surface area contributed by atoms with Crippen LogP contribution in [0.1, 0.15) is 11.1 Å². The van der Waals surface area contributed by atoms with Gasteiger partial charge in [-0.2, -0.15) is 0 Å². The predicted molar refractivity (Wildman–Crippen MR) is 88.2 cm³/mol. The fraction of sp³-hybridized carbons (Fsp3) is 0.333. The summed E-state index contributed by atoms with van der Waals surface area (Å²) in [7, 11) is 6.31. The van der Waals surface area contributed by atoms with Gasteiger partial charge in [0.25, 0.3) is 0 Å². The minimum absolute atomic E-state index is 0.0741. The van der Waals surface area contributed by atoms with Crippen LogP contribution in [-0.4, -0.2) is 33.5 Å². The summed E-state index contributed by atoms with van der Waals surface area (Å²) in [6, 6.07) is 9.35. The number of aromatic hydroxyl groups is 1. The third-order valence-corrected chi connectivity index (χ3v) is 3.63. The number of phenols is 1. The standard InChI is InChI=1S/C18H22O5/c1-20-14-7-12(8-15(11-14)21-2)5-6-13-9-16(19)18(23-4)17(10-13)22-3/h7-11,19H,5-6H2,1-4H3. The van der Waals surface area contributed by atoms with E-state index in [1.54, 1.807) is 27.4 Å². The first kappa shape index (κ1) is 16.8. The average Bonchev–Trinajstić information content (AvgIpc) is 2.58. The van der Waals surface area contributed by atoms with Gasteiger partial charge >= 0.3 is 0 Å². The Morgan fingerprint density at radius 3 is 1.74 bits per heavy atom. The highest BCUT2D eigenvalue weighted by atomic mass is 16.5. The van der Waals surface area contributed by atoms with Crippen molar-refractivity contribution in [1.82, 2.24) is 0 Å². The average molecular weight is 318 g/mol. The second kappa shape index (κ2) is 7.63. The fourth-order valence-corrected chi connectivity index (χ4v) is 2.44. The van der Waals surface area contributed by atoms with E-state index in [1.807, 2.05) is 24.3 Å². The van der Waals surface area contributed by atoms with Gasteiger partial charge in [0.05, 0.1) is 28.4 Å². The zero-order valence-electron chi connectivity index (χ0n) is 13.9. The van der Waals surface area contributed by atoms with Crippen LogP contribution in [0, 0.1) is 0 Å². The number of hydrogen-bond acceptors (Lipinski definition) is 5. The van der Waals surface area contributed by atoms with Crippen LogP contribution < -0.4 is 18.9 Å². The van der Waals surface area contributed by atoms with E-state index in [9.17, 15) is 5.11 Å². The van der Waals surface area contributed by atoms with E-state index in [0.717, 1.165) is 35.5 Å². The van der Waals surface area contributed by atoms with Gasteiger partial charge in [0.2, 0.25) is 5.75 Å². The van der Waals surface area contributed by atoms with Gasteiger partial charge in [0.1, 0.15) is 11.5 Å². The summed E-state index contributed by atoms with van der Waals surface area (Å²) >= 11 is 0. The molecule has 124 valence electrons. The molecular weight excluding hydrogens is 296 g/mol. The Kier molecular flexibility index (Phi) is 5.57. The van der Waals surface area contributed by atoms with E-state index in [2.05, 4.69) is 0 Å². The number of methoxy groups -OCH3 is 4. The Hall–Kier alpha value is -2.56. The molecule has 5 heteroatoms. The molecule has 0 fully saturated rings. The molecule has 23 heavy (non-hydrogen) atoms. The number of benzene rings is 2. The lowest BCUT2D eigenvalue weighted by Gasteiger charge is -2.12. The highest BCUT2D eigenvalue weighted by Gasteiger charge is 2.12. The monoisotopic (exact) mass is 318 g/mol. The lowest BCUT2D eigenvalue weighted by Crippen LogP contribution is -1.97. The Labute approximate surface area is 136 Å². The molecule has 2 rings (SSSR count). The predicted octanol–water partition coefficient (Wildman–Crippen LogP) is 3.21. The normalized spacial score (nSPS) is 10.3. The lowest BCUT2D eigenvalue weighted by atomic mass is 10.0. The summed E-state index contributed by atoms with van der Waals surface area (Å²) < 4.78 is 21.0. The van der Waals surface area contributed by atoms with Crippen molar-refractivity contribution in [3.05, 3.63) is 41.5 Å². The molecule has 0 aliphatic carbocycles. The molecule has 0 aromatic heterocycles. The summed E-state index contributed by atoms with van der Waals surface area (Å²) in [6.07, 6.45) is 1.52. The fourth-order valence-electron chi connectivity index (χ4n) is 2.44. The summed E-state index contributed by atoms with van der Waals surface area (Å²) in [5.41, 5.74) is 2.05. The Balaban J connectivity index is 2.19. The molecular formula is C18H22O5. The third-order valence-electron chi connectivity index (χ3n) is 3.63. The molecule has 2 aromatic rings. The maximum atomic E-state index is 10.0. The first-order chi connectivity index (χ1) is 11.1. The van der Waals surface area contributed by atoms with Crippen LogP contribution in [0.2, 0.25) is 0 Å². The number of hydrogen-bond donors (Lipinski definition) is 1. The largest absolute Gasteiger partial charge is 0.504 e. The maximum Gasteiger partial charge on any atom is 0.203 e. The van der Waals surface area contributed by atoms with Crippen molar-refractivity contribution < 1.29 is 24.1 Å². The Morgan fingerprint density at radius 2 is 1.26 bits per heavy atom.